The fourth-order valence-corrected chi connectivity index (χ4v) is 3.97. The molecular weight excluding hydrogens is 392 g/mol. The second-order valence-electron chi connectivity index (χ2n) is 7.75. The molecular formula is C24H26N4O3. The van der Waals surface area contributed by atoms with Crippen LogP contribution in [0.5, 0.6) is 0 Å². The average molecular weight is 418 g/mol. The summed E-state index contributed by atoms with van der Waals surface area (Å²) in [6.07, 6.45) is 4.15. The summed E-state index contributed by atoms with van der Waals surface area (Å²) in [6.45, 7) is 3.20. The minimum Gasteiger partial charge on any atom is -0.319 e. The summed E-state index contributed by atoms with van der Waals surface area (Å²) in [5, 5.41) is 8.34. The molecule has 0 bridgehead atoms. The van der Waals surface area contributed by atoms with Crippen LogP contribution < -0.4 is 15.8 Å². The molecule has 2 aromatic carbocycles. The number of nitrogens with one attached hydrogen (secondary N) is 1. The van der Waals surface area contributed by atoms with Gasteiger partial charge in [0.2, 0.25) is 5.91 Å². The lowest BCUT2D eigenvalue weighted by atomic mass is 10.1. The van der Waals surface area contributed by atoms with Gasteiger partial charge in [-0.3, -0.25) is 14.4 Å². The van der Waals surface area contributed by atoms with Crippen LogP contribution in [0, 0.1) is 0 Å². The number of para-hydroxylation sites is 2. The van der Waals surface area contributed by atoms with Gasteiger partial charge in [0, 0.05) is 24.9 Å². The Kier molecular flexibility index (Phi) is 6.11. The van der Waals surface area contributed by atoms with E-state index in [1.54, 1.807) is 35.2 Å². The van der Waals surface area contributed by atoms with Crippen LogP contribution in [0.1, 0.15) is 49.5 Å². The molecule has 3 aromatic rings. The number of carbonyl (C=O) groups is 2. The predicted octanol–water partition coefficient (Wildman–Crippen LogP) is 3.97. The van der Waals surface area contributed by atoms with Crippen LogP contribution in [0.2, 0.25) is 0 Å². The number of benzene rings is 2. The van der Waals surface area contributed by atoms with Gasteiger partial charge in [0.15, 0.2) is 5.69 Å². The number of fused-ring (bicyclic) bond motifs is 1. The molecule has 4 rings (SSSR count). The zero-order valence-corrected chi connectivity index (χ0v) is 17.6. The number of hydrogen-bond acceptors (Lipinski definition) is 4. The lowest BCUT2D eigenvalue weighted by Crippen LogP contribution is -2.29. The quantitative estimate of drug-likeness (QED) is 0.589. The van der Waals surface area contributed by atoms with Crippen molar-refractivity contribution in [3.8, 4) is 0 Å². The van der Waals surface area contributed by atoms with Crippen LogP contribution in [0.4, 0.5) is 11.4 Å². The van der Waals surface area contributed by atoms with E-state index in [2.05, 4.69) is 17.3 Å². The average Bonchev–Trinajstić information content (AvgIpc) is 3.21. The van der Waals surface area contributed by atoms with Crippen molar-refractivity contribution in [1.29, 1.82) is 0 Å². The Hall–Kier alpha value is -3.48. The Morgan fingerprint density at radius 1 is 1.03 bits per heavy atom. The standard InChI is InChI=1S/C24H26N4O3/c1-2-3-8-16-28-24(31)18-11-5-4-10-17(18)22(26-28)23(30)25-19-12-6-7-13-20(19)27-15-9-14-21(27)29/h4-7,10-13H,2-3,8-9,14-16H2,1H3,(H,25,30). The third-order valence-electron chi connectivity index (χ3n) is 5.57. The number of aryl methyl sites for hydroxylation is 1. The molecule has 1 fully saturated rings. The second kappa shape index (κ2) is 9.12. The van der Waals surface area contributed by atoms with E-state index in [4.69, 9.17) is 0 Å². The Labute approximate surface area is 180 Å². The van der Waals surface area contributed by atoms with Gasteiger partial charge < -0.3 is 10.2 Å². The summed E-state index contributed by atoms with van der Waals surface area (Å²) in [4.78, 5) is 40.1. The molecule has 1 aliphatic rings. The summed E-state index contributed by atoms with van der Waals surface area (Å²) in [5.74, 6) is -0.353. The fraction of sp³-hybridized carbons (Fsp3) is 0.333. The highest BCUT2D eigenvalue weighted by atomic mass is 16.2. The van der Waals surface area contributed by atoms with Gasteiger partial charge in [0.1, 0.15) is 0 Å². The summed E-state index contributed by atoms with van der Waals surface area (Å²) in [6, 6.07) is 14.3. The number of carbonyl (C=O) groups excluding carboxylic acids is 2. The first-order valence-electron chi connectivity index (χ1n) is 10.8. The van der Waals surface area contributed by atoms with E-state index in [1.807, 2.05) is 18.2 Å². The van der Waals surface area contributed by atoms with Crippen molar-refractivity contribution in [2.24, 2.45) is 0 Å². The molecule has 0 unspecified atom stereocenters. The maximum Gasteiger partial charge on any atom is 0.276 e. The summed E-state index contributed by atoms with van der Waals surface area (Å²) in [5.41, 5.74) is 1.25. The maximum atomic E-state index is 13.3. The van der Waals surface area contributed by atoms with Gasteiger partial charge in [-0.15, -0.1) is 0 Å². The Balaban J connectivity index is 1.71. The second-order valence-corrected chi connectivity index (χ2v) is 7.75. The number of unbranched alkanes of at least 4 members (excludes halogenated alkanes) is 2. The van der Waals surface area contributed by atoms with Gasteiger partial charge >= 0.3 is 0 Å². The minimum atomic E-state index is -0.403. The molecule has 0 saturated carbocycles. The van der Waals surface area contributed by atoms with E-state index < -0.39 is 5.91 Å². The molecule has 7 nitrogen and oxygen atoms in total. The van der Waals surface area contributed by atoms with Gasteiger partial charge in [-0.1, -0.05) is 50.1 Å². The molecule has 7 heteroatoms. The van der Waals surface area contributed by atoms with E-state index in [1.165, 1.54) is 4.68 Å². The van der Waals surface area contributed by atoms with E-state index in [0.717, 1.165) is 25.7 Å². The van der Waals surface area contributed by atoms with Crippen LogP contribution >= 0.6 is 0 Å². The largest absolute Gasteiger partial charge is 0.319 e. The highest BCUT2D eigenvalue weighted by molar-refractivity contribution is 6.13. The van der Waals surface area contributed by atoms with Crippen LogP contribution in [-0.4, -0.2) is 28.1 Å². The number of anilines is 2. The van der Waals surface area contributed by atoms with E-state index in [0.29, 0.717) is 41.7 Å². The predicted molar refractivity (Wildman–Crippen MR) is 122 cm³/mol. The molecule has 1 aliphatic heterocycles. The third-order valence-corrected chi connectivity index (χ3v) is 5.57. The smallest absolute Gasteiger partial charge is 0.276 e. The van der Waals surface area contributed by atoms with E-state index >= 15 is 0 Å². The fourth-order valence-electron chi connectivity index (χ4n) is 3.97. The van der Waals surface area contributed by atoms with Crippen LogP contribution in [-0.2, 0) is 11.3 Å². The van der Waals surface area contributed by atoms with Crippen molar-refractivity contribution in [1.82, 2.24) is 9.78 Å². The van der Waals surface area contributed by atoms with Crippen LogP contribution in [0.15, 0.2) is 53.3 Å². The molecule has 0 spiro atoms. The normalized spacial score (nSPS) is 13.7. The monoisotopic (exact) mass is 418 g/mol. The number of amides is 2. The minimum absolute atomic E-state index is 0.0507. The molecule has 2 heterocycles. The number of rotatable bonds is 7. The zero-order valence-electron chi connectivity index (χ0n) is 17.6. The van der Waals surface area contributed by atoms with Gasteiger partial charge in [0.25, 0.3) is 11.5 Å². The molecule has 1 N–H and O–H groups in total. The molecule has 1 aromatic heterocycles. The molecule has 1 saturated heterocycles. The van der Waals surface area contributed by atoms with Gasteiger partial charge in [-0.2, -0.15) is 5.10 Å². The molecule has 0 atom stereocenters. The number of hydrogen-bond donors (Lipinski definition) is 1. The summed E-state index contributed by atoms with van der Waals surface area (Å²) < 4.78 is 1.39. The first-order valence-corrected chi connectivity index (χ1v) is 10.8. The zero-order chi connectivity index (χ0) is 21.8. The van der Waals surface area contributed by atoms with Gasteiger partial charge in [0.05, 0.1) is 16.8 Å². The maximum absolute atomic E-state index is 13.3. The molecule has 2 amide bonds. The van der Waals surface area contributed by atoms with Crippen molar-refractivity contribution >= 4 is 34.0 Å². The van der Waals surface area contributed by atoms with Gasteiger partial charge in [-0.05, 0) is 31.0 Å². The first-order chi connectivity index (χ1) is 15.1. The van der Waals surface area contributed by atoms with Crippen LogP contribution in [0.25, 0.3) is 10.8 Å². The number of aromatic nitrogens is 2. The summed E-state index contributed by atoms with van der Waals surface area (Å²) >= 11 is 0. The highest BCUT2D eigenvalue weighted by Crippen LogP contribution is 2.30. The number of nitrogens with zero attached hydrogens (tertiary/aromatic N) is 3. The van der Waals surface area contributed by atoms with Crippen LogP contribution in [0.3, 0.4) is 0 Å². The van der Waals surface area contributed by atoms with E-state index in [9.17, 15) is 14.4 Å². The van der Waals surface area contributed by atoms with Gasteiger partial charge in [-0.25, -0.2) is 4.68 Å². The molecule has 0 aliphatic carbocycles. The molecule has 160 valence electrons. The lowest BCUT2D eigenvalue weighted by molar-refractivity contribution is -0.117. The van der Waals surface area contributed by atoms with Crippen molar-refractivity contribution in [2.45, 2.75) is 45.6 Å². The third kappa shape index (κ3) is 4.21. The van der Waals surface area contributed by atoms with Crippen molar-refractivity contribution < 1.29 is 9.59 Å². The first kappa shape index (κ1) is 20.8. The Bertz CT molecular complexity index is 1180. The van der Waals surface area contributed by atoms with Crippen molar-refractivity contribution in [3.05, 3.63) is 64.6 Å². The van der Waals surface area contributed by atoms with E-state index in [-0.39, 0.29) is 17.2 Å². The topological polar surface area (TPSA) is 84.3 Å². The lowest BCUT2D eigenvalue weighted by Gasteiger charge is -2.20. The highest BCUT2D eigenvalue weighted by Gasteiger charge is 2.25. The van der Waals surface area contributed by atoms with Crippen molar-refractivity contribution in [2.75, 3.05) is 16.8 Å². The summed E-state index contributed by atoms with van der Waals surface area (Å²) in [7, 11) is 0. The molecule has 0 radical (unpaired) electrons. The molecule has 31 heavy (non-hydrogen) atoms. The SMILES string of the molecule is CCCCCn1nc(C(=O)Nc2ccccc2N2CCCC2=O)c2ccccc2c1=O. The van der Waals surface area contributed by atoms with Crippen molar-refractivity contribution in [3.63, 3.8) is 0 Å². The Morgan fingerprint density at radius 2 is 1.77 bits per heavy atom. The Morgan fingerprint density at radius 3 is 2.52 bits per heavy atom.